The molecule has 0 radical (unpaired) electrons. The van der Waals surface area contributed by atoms with Crippen molar-refractivity contribution >= 4 is 34.1 Å². The van der Waals surface area contributed by atoms with Gasteiger partial charge in [0.15, 0.2) is 0 Å². The molecule has 4 rings (SSSR count). The highest BCUT2D eigenvalue weighted by atomic mass is 35.5. The van der Waals surface area contributed by atoms with Gasteiger partial charge in [-0.1, -0.05) is 35.0 Å². The van der Waals surface area contributed by atoms with Gasteiger partial charge in [0.2, 0.25) is 17.6 Å². The molecule has 0 spiro atoms. The van der Waals surface area contributed by atoms with Gasteiger partial charge >= 0.3 is 0 Å². The summed E-state index contributed by atoms with van der Waals surface area (Å²) in [5.41, 5.74) is 2.44. The number of anilines is 1. The summed E-state index contributed by atoms with van der Waals surface area (Å²) in [5, 5.41) is 8.06. The molecule has 0 bridgehead atoms. The Balaban J connectivity index is 1.46. The number of hydrogen-bond acceptors (Lipinski definition) is 5. The first-order valence-electron chi connectivity index (χ1n) is 9.00. The lowest BCUT2D eigenvalue weighted by Crippen LogP contribution is -2.12. The third-order valence-electron chi connectivity index (χ3n) is 4.38. The number of fused-ring (bicyclic) bond motifs is 1. The van der Waals surface area contributed by atoms with E-state index in [1.807, 2.05) is 25.1 Å². The van der Waals surface area contributed by atoms with Crippen molar-refractivity contribution in [1.29, 1.82) is 0 Å². The number of nitrogens with one attached hydrogen (secondary N) is 2. The number of halogens is 1. The van der Waals surface area contributed by atoms with Crippen LogP contribution < -0.4 is 10.9 Å². The Hall–Kier alpha value is -3.45. The molecule has 2 heterocycles. The Bertz CT molecular complexity index is 1260. The first kappa shape index (κ1) is 18.9. The lowest BCUT2D eigenvalue weighted by atomic mass is 10.1. The van der Waals surface area contributed by atoms with Crippen LogP contribution in [0.5, 0.6) is 0 Å². The highest BCUT2D eigenvalue weighted by Crippen LogP contribution is 2.19. The van der Waals surface area contributed by atoms with Crippen LogP contribution in [-0.4, -0.2) is 21.0 Å². The van der Waals surface area contributed by atoms with E-state index >= 15 is 0 Å². The quantitative estimate of drug-likeness (QED) is 0.517. The van der Waals surface area contributed by atoms with Gasteiger partial charge in [0, 0.05) is 29.1 Å². The number of carbonyl (C=O) groups is 1. The second kappa shape index (κ2) is 7.89. The fourth-order valence-electron chi connectivity index (χ4n) is 2.96. The number of rotatable bonds is 5. The summed E-state index contributed by atoms with van der Waals surface area (Å²) < 4.78 is 5.21. The largest absolute Gasteiger partial charge is 0.339 e. The molecule has 0 aliphatic carbocycles. The predicted molar refractivity (Wildman–Crippen MR) is 111 cm³/mol. The van der Waals surface area contributed by atoms with E-state index in [-0.39, 0.29) is 36.0 Å². The number of H-pyrrole nitrogens is 1. The fraction of sp³-hybridized carbons (Fsp3) is 0.143. The van der Waals surface area contributed by atoms with E-state index in [4.69, 9.17) is 16.1 Å². The lowest BCUT2D eigenvalue weighted by Gasteiger charge is -2.04. The Morgan fingerprint density at radius 2 is 2.07 bits per heavy atom. The van der Waals surface area contributed by atoms with Crippen LogP contribution in [0.2, 0.25) is 5.02 Å². The van der Waals surface area contributed by atoms with E-state index in [2.05, 4.69) is 20.4 Å². The van der Waals surface area contributed by atoms with E-state index in [0.717, 1.165) is 16.5 Å². The number of pyridine rings is 1. The van der Waals surface area contributed by atoms with Crippen molar-refractivity contribution < 1.29 is 9.32 Å². The molecule has 0 aliphatic rings. The Labute approximate surface area is 170 Å². The Kier molecular flexibility index (Phi) is 5.14. The highest BCUT2D eigenvalue weighted by Gasteiger charge is 2.14. The van der Waals surface area contributed by atoms with Crippen LogP contribution >= 0.6 is 11.6 Å². The van der Waals surface area contributed by atoms with E-state index < -0.39 is 0 Å². The normalized spacial score (nSPS) is 11.0. The zero-order valence-corrected chi connectivity index (χ0v) is 16.3. The summed E-state index contributed by atoms with van der Waals surface area (Å²) in [5.74, 6) is 0.273. The van der Waals surface area contributed by atoms with Crippen molar-refractivity contribution in [3.8, 4) is 11.4 Å². The molecule has 2 N–H and O–H groups in total. The zero-order valence-electron chi connectivity index (χ0n) is 15.5. The van der Waals surface area contributed by atoms with Gasteiger partial charge < -0.3 is 14.8 Å². The first-order chi connectivity index (χ1) is 14.0. The van der Waals surface area contributed by atoms with Gasteiger partial charge in [0.25, 0.3) is 5.56 Å². The molecule has 0 atom stereocenters. The van der Waals surface area contributed by atoms with Crippen molar-refractivity contribution in [3.05, 3.63) is 75.4 Å². The van der Waals surface area contributed by atoms with Gasteiger partial charge in [0.05, 0.1) is 5.56 Å². The summed E-state index contributed by atoms with van der Waals surface area (Å²) in [6, 6.07) is 14.4. The summed E-state index contributed by atoms with van der Waals surface area (Å²) >= 11 is 5.91. The molecular weight excluding hydrogens is 392 g/mol. The zero-order chi connectivity index (χ0) is 20.4. The number of hydrogen-bond donors (Lipinski definition) is 2. The molecule has 2 aromatic heterocycles. The number of benzene rings is 2. The van der Waals surface area contributed by atoms with E-state index in [0.29, 0.717) is 16.3 Å². The number of nitrogens with zero attached hydrogens (tertiary/aromatic N) is 2. The van der Waals surface area contributed by atoms with Gasteiger partial charge in [-0.05, 0) is 48.2 Å². The summed E-state index contributed by atoms with van der Waals surface area (Å²) in [4.78, 5) is 31.6. The average Bonchev–Trinajstić information content (AvgIpc) is 3.14. The number of aryl methyl sites for hydroxylation is 2. The molecule has 0 fully saturated rings. The smallest absolute Gasteiger partial charge is 0.259 e. The van der Waals surface area contributed by atoms with E-state index in [1.165, 1.54) is 0 Å². The number of amides is 1. The van der Waals surface area contributed by atoms with Crippen LogP contribution in [-0.2, 0) is 11.2 Å². The minimum Gasteiger partial charge on any atom is -0.339 e. The predicted octanol–water partition coefficient (Wildman–Crippen LogP) is 4.11. The third kappa shape index (κ3) is 4.35. The third-order valence-corrected chi connectivity index (χ3v) is 4.62. The SMILES string of the molecule is Cc1ccc2cc(-c3noc(CCC(=O)Nc4cccc(Cl)c4)n3)c(=O)[nH]c2c1. The summed E-state index contributed by atoms with van der Waals surface area (Å²) in [6.45, 7) is 1.96. The maximum absolute atomic E-state index is 12.4. The monoisotopic (exact) mass is 408 g/mol. The van der Waals surface area contributed by atoms with Crippen molar-refractivity contribution in [2.24, 2.45) is 0 Å². The minimum atomic E-state index is -0.297. The summed E-state index contributed by atoms with van der Waals surface area (Å²) in [6.07, 6.45) is 0.408. The molecule has 0 saturated carbocycles. The standard InChI is InChI=1S/C21H17ClN4O3/c1-12-5-6-13-10-16(21(28)24-17(13)9-12)20-25-19(29-26-20)8-7-18(27)23-15-4-2-3-14(22)11-15/h2-6,9-11H,7-8H2,1H3,(H,23,27)(H,24,28). The first-order valence-corrected chi connectivity index (χ1v) is 9.38. The molecular formula is C21H17ClN4O3. The maximum atomic E-state index is 12.4. The summed E-state index contributed by atoms with van der Waals surface area (Å²) in [7, 11) is 0. The molecule has 2 aromatic carbocycles. The van der Waals surface area contributed by atoms with Crippen molar-refractivity contribution in [3.63, 3.8) is 0 Å². The molecule has 0 aliphatic heterocycles. The van der Waals surface area contributed by atoms with Crippen LogP contribution in [0.25, 0.3) is 22.3 Å². The molecule has 0 unspecified atom stereocenters. The van der Waals surface area contributed by atoms with Crippen LogP contribution in [0.3, 0.4) is 0 Å². The second-order valence-electron chi connectivity index (χ2n) is 6.67. The van der Waals surface area contributed by atoms with Gasteiger partial charge in [0.1, 0.15) is 0 Å². The van der Waals surface area contributed by atoms with Gasteiger partial charge in [-0.3, -0.25) is 9.59 Å². The average molecular weight is 409 g/mol. The molecule has 0 saturated heterocycles. The van der Waals surface area contributed by atoms with Crippen LogP contribution in [0.15, 0.2) is 57.8 Å². The van der Waals surface area contributed by atoms with Crippen molar-refractivity contribution in [2.75, 3.05) is 5.32 Å². The topological polar surface area (TPSA) is 101 Å². The van der Waals surface area contributed by atoms with Gasteiger partial charge in [-0.25, -0.2) is 0 Å². The number of aromatic nitrogens is 3. The molecule has 7 nitrogen and oxygen atoms in total. The maximum Gasteiger partial charge on any atom is 0.259 e. The van der Waals surface area contributed by atoms with E-state index in [1.54, 1.807) is 30.3 Å². The fourth-order valence-corrected chi connectivity index (χ4v) is 3.15. The minimum absolute atomic E-state index is 0.154. The van der Waals surface area contributed by atoms with Gasteiger partial charge in [-0.15, -0.1) is 0 Å². The van der Waals surface area contributed by atoms with Crippen LogP contribution in [0.1, 0.15) is 17.9 Å². The second-order valence-corrected chi connectivity index (χ2v) is 7.11. The lowest BCUT2D eigenvalue weighted by molar-refractivity contribution is -0.116. The van der Waals surface area contributed by atoms with Crippen LogP contribution in [0, 0.1) is 6.92 Å². The van der Waals surface area contributed by atoms with E-state index in [9.17, 15) is 9.59 Å². The molecule has 1 amide bonds. The molecule has 8 heteroatoms. The van der Waals surface area contributed by atoms with Crippen LogP contribution in [0.4, 0.5) is 5.69 Å². The number of carbonyl (C=O) groups excluding carboxylic acids is 1. The number of aromatic amines is 1. The van der Waals surface area contributed by atoms with Crippen molar-refractivity contribution in [2.45, 2.75) is 19.8 Å². The Morgan fingerprint density at radius 3 is 2.90 bits per heavy atom. The molecule has 146 valence electrons. The van der Waals surface area contributed by atoms with Gasteiger partial charge in [-0.2, -0.15) is 4.98 Å². The molecule has 4 aromatic rings. The van der Waals surface area contributed by atoms with Crippen molar-refractivity contribution in [1.82, 2.24) is 15.1 Å². The Morgan fingerprint density at radius 1 is 1.21 bits per heavy atom. The highest BCUT2D eigenvalue weighted by molar-refractivity contribution is 6.30. The molecule has 29 heavy (non-hydrogen) atoms.